The summed E-state index contributed by atoms with van der Waals surface area (Å²) in [5.74, 6) is -1.07. The molecule has 0 bridgehead atoms. The van der Waals surface area contributed by atoms with E-state index in [0.717, 1.165) is 6.20 Å². The van der Waals surface area contributed by atoms with Crippen LogP contribution in [-0.2, 0) is 0 Å². The van der Waals surface area contributed by atoms with Gasteiger partial charge in [0.2, 0.25) is 0 Å². The fourth-order valence-corrected chi connectivity index (χ4v) is 2.09. The smallest absolute Gasteiger partial charge is 0.257 e. The molecule has 1 N–H and O–H groups in total. The van der Waals surface area contributed by atoms with Crippen molar-refractivity contribution in [2.24, 2.45) is 0 Å². The first-order chi connectivity index (χ1) is 10.1. The van der Waals surface area contributed by atoms with Crippen molar-refractivity contribution in [2.45, 2.75) is 0 Å². The van der Waals surface area contributed by atoms with Crippen LogP contribution in [0.5, 0.6) is 0 Å². The number of carbonyl (C=O) groups is 1. The predicted molar refractivity (Wildman–Crippen MR) is 76.1 cm³/mol. The van der Waals surface area contributed by atoms with Crippen molar-refractivity contribution >= 4 is 22.5 Å². The number of hydrogen-bond donors (Lipinski definition) is 1. The molecule has 3 nitrogen and oxygen atoms in total. The molecule has 1 amide bonds. The predicted octanol–water partition coefficient (Wildman–Crippen LogP) is 3.77. The zero-order chi connectivity index (χ0) is 14.8. The molecule has 5 heteroatoms. The van der Waals surface area contributed by atoms with Crippen LogP contribution in [0, 0.1) is 11.6 Å². The largest absolute Gasteiger partial charge is 0.307 e. The van der Waals surface area contributed by atoms with E-state index in [1.165, 1.54) is 24.3 Å². The third-order valence-corrected chi connectivity index (χ3v) is 3.08. The highest BCUT2D eigenvalue weighted by Gasteiger charge is 2.12. The van der Waals surface area contributed by atoms with E-state index in [1.54, 1.807) is 24.3 Å². The minimum Gasteiger partial charge on any atom is -0.307 e. The summed E-state index contributed by atoms with van der Waals surface area (Å²) in [6, 6.07) is 11.9. The number of carbonyl (C=O) groups excluding carboxylic acids is 1. The van der Waals surface area contributed by atoms with Crippen LogP contribution in [0.3, 0.4) is 0 Å². The number of rotatable bonds is 2. The lowest BCUT2D eigenvalue weighted by Gasteiger charge is -2.08. The maximum atomic E-state index is 13.7. The molecule has 2 aromatic carbocycles. The Hall–Kier alpha value is -2.82. The lowest BCUT2D eigenvalue weighted by molar-refractivity contribution is 0.102. The number of fused-ring (bicyclic) bond motifs is 1. The number of nitrogens with one attached hydrogen (secondary N) is 1. The zero-order valence-corrected chi connectivity index (χ0v) is 10.8. The van der Waals surface area contributed by atoms with Crippen LogP contribution in [0.2, 0.25) is 0 Å². The Bertz CT molecular complexity index is 816. The molecule has 0 aliphatic heterocycles. The average molecular weight is 284 g/mol. The molecule has 1 aromatic heterocycles. The molecule has 21 heavy (non-hydrogen) atoms. The van der Waals surface area contributed by atoms with E-state index < -0.39 is 11.7 Å². The van der Waals surface area contributed by atoms with Gasteiger partial charge in [-0.15, -0.1) is 0 Å². The first-order valence-electron chi connectivity index (χ1n) is 6.25. The number of benzene rings is 2. The van der Waals surface area contributed by atoms with Crippen LogP contribution in [0.25, 0.3) is 10.8 Å². The summed E-state index contributed by atoms with van der Waals surface area (Å²) in [5, 5.41) is 3.44. The Labute approximate surface area is 119 Å². The van der Waals surface area contributed by atoms with Crippen LogP contribution < -0.4 is 5.32 Å². The van der Waals surface area contributed by atoms with Gasteiger partial charge in [-0.05, 0) is 29.7 Å². The molecular formula is C16H10F2N2O. The number of aromatic nitrogens is 1. The van der Waals surface area contributed by atoms with Crippen LogP contribution in [0.15, 0.2) is 54.7 Å². The van der Waals surface area contributed by atoms with Gasteiger partial charge in [-0.3, -0.25) is 4.79 Å². The summed E-state index contributed by atoms with van der Waals surface area (Å²) < 4.78 is 26.5. The van der Waals surface area contributed by atoms with E-state index >= 15 is 0 Å². The summed E-state index contributed by atoms with van der Waals surface area (Å²) in [6.07, 6.45) is 1.01. The lowest BCUT2D eigenvalue weighted by Crippen LogP contribution is -2.13. The minimum atomic E-state index is -0.486. The number of hydrogen-bond acceptors (Lipinski definition) is 2. The molecular weight excluding hydrogens is 274 g/mol. The summed E-state index contributed by atoms with van der Waals surface area (Å²) in [5.41, 5.74) is 0.332. The molecule has 0 aliphatic carbocycles. The van der Waals surface area contributed by atoms with Crippen LogP contribution in [0.1, 0.15) is 10.4 Å². The number of halogens is 2. The molecule has 0 spiro atoms. The second kappa shape index (κ2) is 5.28. The summed E-state index contributed by atoms with van der Waals surface area (Å²) >= 11 is 0. The van der Waals surface area contributed by atoms with Crippen molar-refractivity contribution < 1.29 is 13.6 Å². The molecule has 3 aromatic rings. The molecule has 0 saturated carbocycles. The second-order valence-electron chi connectivity index (χ2n) is 4.46. The van der Waals surface area contributed by atoms with E-state index in [9.17, 15) is 13.6 Å². The maximum absolute atomic E-state index is 13.7. The topological polar surface area (TPSA) is 42.0 Å². The molecule has 0 radical (unpaired) electrons. The van der Waals surface area contributed by atoms with E-state index in [0.29, 0.717) is 16.3 Å². The van der Waals surface area contributed by atoms with Gasteiger partial charge in [-0.2, -0.15) is 0 Å². The number of pyridine rings is 1. The van der Waals surface area contributed by atoms with Crippen molar-refractivity contribution in [1.29, 1.82) is 0 Å². The lowest BCUT2D eigenvalue weighted by atomic mass is 10.0. The quantitative estimate of drug-likeness (QED) is 0.778. The highest BCUT2D eigenvalue weighted by Crippen LogP contribution is 2.22. The van der Waals surface area contributed by atoms with Crippen molar-refractivity contribution in [2.75, 3.05) is 5.32 Å². The second-order valence-corrected chi connectivity index (χ2v) is 4.46. The summed E-state index contributed by atoms with van der Waals surface area (Å²) in [6.45, 7) is 0. The van der Waals surface area contributed by atoms with E-state index in [4.69, 9.17) is 0 Å². The highest BCUT2D eigenvalue weighted by atomic mass is 19.1. The third-order valence-electron chi connectivity index (χ3n) is 3.08. The monoisotopic (exact) mass is 284 g/mol. The first-order valence-corrected chi connectivity index (χ1v) is 6.25. The Morgan fingerprint density at radius 2 is 1.71 bits per heavy atom. The molecule has 1 heterocycles. The van der Waals surface area contributed by atoms with E-state index in [-0.39, 0.29) is 11.6 Å². The molecule has 0 aliphatic rings. The maximum Gasteiger partial charge on any atom is 0.257 e. The highest BCUT2D eigenvalue weighted by molar-refractivity contribution is 6.12. The third kappa shape index (κ3) is 2.58. The zero-order valence-electron chi connectivity index (χ0n) is 10.8. The average Bonchev–Trinajstić information content (AvgIpc) is 2.50. The summed E-state index contributed by atoms with van der Waals surface area (Å²) in [7, 11) is 0. The van der Waals surface area contributed by atoms with Crippen molar-refractivity contribution in [3.05, 3.63) is 71.9 Å². The number of amides is 1. The molecule has 0 atom stereocenters. The number of anilines is 1. The number of nitrogens with zero attached hydrogens (tertiary/aromatic N) is 1. The van der Waals surface area contributed by atoms with Crippen LogP contribution in [-0.4, -0.2) is 10.9 Å². The van der Waals surface area contributed by atoms with Gasteiger partial charge < -0.3 is 5.32 Å². The normalized spacial score (nSPS) is 10.6. The first kappa shape index (κ1) is 13.2. The van der Waals surface area contributed by atoms with Crippen LogP contribution in [0.4, 0.5) is 14.6 Å². The van der Waals surface area contributed by atoms with Crippen molar-refractivity contribution in [1.82, 2.24) is 4.98 Å². The van der Waals surface area contributed by atoms with Gasteiger partial charge in [0.25, 0.3) is 5.91 Å². The minimum absolute atomic E-state index is 0.231. The van der Waals surface area contributed by atoms with Gasteiger partial charge in [-0.1, -0.05) is 24.3 Å². The summed E-state index contributed by atoms with van der Waals surface area (Å²) in [4.78, 5) is 16.0. The van der Waals surface area contributed by atoms with Crippen LogP contribution >= 0.6 is 0 Å². The molecule has 3 rings (SSSR count). The Morgan fingerprint density at radius 3 is 2.43 bits per heavy atom. The van der Waals surface area contributed by atoms with E-state index in [2.05, 4.69) is 10.3 Å². The van der Waals surface area contributed by atoms with Gasteiger partial charge in [0.1, 0.15) is 17.5 Å². The van der Waals surface area contributed by atoms with Gasteiger partial charge in [0.05, 0.1) is 6.20 Å². The standard InChI is InChI=1S/C16H10F2N2O/c17-10-5-8-15(19-9-10)20-16(21)13-6-7-14(18)12-4-2-1-3-11(12)13/h1-9H,(H,19,20,21). The fourth-order valence-electron chi connectivity index (χ4n) is 2.09. The fraction of sp³-hybridized carbons (Fsp3) is 0. The molecule has 104 valence electrons. The van der Waals surface area contributed by atoms with Gasteiger partial charge in [-0.25, -0.2) is 13.8 Å². The van der Waals surface area contributed by atoms with Gasteiger partial charge >= 0.3 is 0 Å². The van der Waals surface area contributed by atoms with Gasteiger partial charge in [0, 0.05) is 10.9 Å². The molecule has 0 saturated heterocycles. The van der Waals surface area contributed by atoms with Crippen molar-refractivity contribution in [3.63, 3.8) is 0 Å². The van der Waals surface area contributed by atoms with E-state index in [1.807, 2.05) is 0 Å². The Balaban J connectivity index is 1.98. The Morgan fingerprint density at radius 1 is 0.952 bits per heavy atom. The molecule has 0 fully saturated rings. The molecule has 0 unspecified atom stereocenters. The van der Waals surface area contributed by atoms with Crippen molar-refractivity contribution in [3.8, 4) is 0 Å². The SMILES string of the molecule is O=C(Nc1ccc(F)cn1)c1ccc(F)c2ccccc12. The van der Waals surface area contributed by atoms with Gasteiger partial charge in [0.15, 0.2) is 0 Å². The Kier molecular flexibility index (Phi) is 3.31.